The average Bonchev–Trinajstić information content (AvgIpc) is 3.42. The third-order valence-corrected chi connectivity index (χ3v) is 7.63. The lowest BCUT2D eigenvalue weighted by Crippen LogP contribution is -2.56. The van der Waals surface area contributed by atoms with Gasteiger partial charge in [-0.2, -0.15) is 0 Å². The molecule has 2 N–H and O–H groups in total. The van der Waals surface area contributed by atoms with Gasteiger partial charge < -0.3 is 5.32 Å². The van der Waals surface area contributed by atoms with E-state index in [2.05, 4.69) is 39.5 Å². The molecule has 0 spiro atoms. The van der Waals surface area contributed by atoms with E-state index in [4.69, 9.17) is 4.98 Å². The zero-order chi connectivity index (χ0) is 21.1. The smallest absolute Gasteiger partial charge is 0.321 e. The summed E-state index contributed by atoms with van der Waals surface area (Å²) in [4.78, 5) is 34.0. The zero-order valence-corrected chi connectivity index (χ0v) is 18.6. The number of benzene rings is 1. The van der Waals surface area contributed by atoms with E-state index in [-0.39, 0.29) is 30.1 Å². The molecular formula is C22H31N5O2S. The Balaban J connectivity index is 1.26. The van der Waals surface area contributed by atoms with E-state index in [0.717, 1.165) is 62.4 Å². The molecule has 1 aliphatic carbocycles. The molecule has 7 nitrogen and oxygen atoms in total. The van der Waals surface area contributed by atoms with Gasteiger partial charge in [-0.1, -0.05) is 25.0 Å². The molecule has 2 aromatic rings. The summed E-state index contributed by atoms with van der Waals surface area (Å²) in [5.74, 6) is -0.224. The van der Waals surface area contributed by atoms with Gasteiger partial charge in [0.25, 0.3) is 0 Å². The van der Waals surface area contributed by atoms with Crippen molar-refractivity contribution in [1.29, 1.82) is 0 Å². The summed E-state index contributed by atoms with van der Waals surface area (Å²) in [5, 5.41) is 6.58. The summed E-state index contributed by atoms with van der Waals surface area (Å²) >= 11 is 1.76. The SMILES string of the molecule is C[C@H](C(=O)NC(=O)NC1CCCC1)N1CCN([C@H](C)c2nc3ccccc3s2)CC1. The minimum Gasteiger partial charge on any atom is -0.335 e. The monoisotopic (exact) mass is 429 g/mol. The van der Waals surface area contributed by atoms with Gasteiger partial charge in [-0.05, 0) is 38.8 Å². The second-order valence-electron chi connectivity index (χ2n) is 8.39. The molecule has 2 atom stereocenters. The van der Waals surface area contributed by atoms with E-state index >= 15 is 0 Å². The van der Waals surface area contributed by atoms with Gasteiger partial charge in [0, 0.05) is 32.2 Å². The Morgan fingerprint density at radius 3 is 2.43 bits per heavy atom. The molecule has 2 aliphatic rings. The summed E-state index contributed by atoms with van der Waals surface area (Å²) in [6.45, 7) is 7.44. The molecule has 162 valence electrons. The Kier molecular flexibility index (Phi) is 6.65. The van der Waals surface area contributed by atoms with Gasteiger partial charge in [0.15, 0.2) is 0 Å². The summed E-state index contributed by atoms with van der Waals surface area (Å²) < 4.78 is 1.22. The number of imide groups is 1. The van der Waals surface area contributed by atoms with Crippen molar-refractivity contribution in [3.63, 3.8) is 0 Å². The van der Waals surface area contributed by atoms with Gasteiger partial charge in [0.2, 0.25) is 5.91 Å². The maximum Gasteiger partial charge on any atom is 0.321 e. The molecule has 2 heterocycles. The number of hydrogen-bond donors (Lipinski definition) is 2. The van der Waals surface area contributed by atoms with Crippen LogP contribution < -0.4 is 10.6 Å². The number of nitrogens with zero attached hydrogens (tertiary/aromatic N) is 3. The second-order valence-corrected chi connectivity index (χ2v) is 9.45. The minimum atomic E-state index is -0.359. The number of carbonyl (C=O) groups excluding carboxylic acids is 2. The fourth-order valence-corrected chi connectivity index (χ4v) is 5.46. The molecule has 0 bridgehead atoms. The highest BCUT2D eigenvalue weighted by Crippen LogP contribution is 2.30. The number of nitrogens with one attached hydrogen (secondary N) is 2. The van der Waals surface area contributed by atoms with Crippen LogP contribution in [0.1, 0.15) is 50.6 Å². The normalized spacial score (nSPS) is 20.9. The number of carbonyl (C=O) groups is 2. The van der Waals surface area contributed by atoms with Crippen LogP contribution in [0.4, 0.5) is 4.79 Å². The first-order valence-electron chi connectivity index (χ1n) is 11.0. The number of hydrogen-bond acceptors (Lipinski definition) is 6. The van der Waals surface area contributed by atoms with Gasteiger partial charge >= 0.3 is 6.03 Å². The molecule has 0 unspecified atom stereocenters. The van der Waals surface area contributed by atoms with E-state index in [1.807, 2.05) is 19.1 Å². The molecule has 3 amide bonds. The van der Waals surface area contributed by atoms with Crippen molar-refractivity contribution in [3.05, 3.63) is 29.3 Å². The Bertz CT molecular complexity index is 854. The van der Waals surface area contributed by atoms with E-state index in [9.17, 15) is 9.59 Å². The van der Waals surface area contributed by atoms with Crippen LogP contribution in [0.2, 0.25) is 0 Å². The largest absolute Gasteiger partial charge is 0.335 e. The zero-order valence-electron chi connectivity index (χ0n) is 17.8. The second kappa shape index (κ2) is 9.41. The predicted molar refractivity (Wildman–Crippen MR) is 120 cm³/mol. The molecule has 1 saturated carbocycles. The van der Waals surface area contributed by atoms with Crippen molar-refractivity contribution in [2.75, 3.05) is 26.2 Å². The highest BCUT2D eigenvalue weighted by atomic mass is 32.1. The number of piperazine rings is 1. The van der Waals surface area contributed by atoms with E-state index in [1.165, 1.54) is 4.70 Å². The van der Waals surface area contributed by atoms with Crippen LogP contribution in [0.25, 0.3) is 10.2 Å². The third kappa shape index (κ3) is 4.82. The number of thiazole rings is 1. The fourth-order valence-electron chi connectivity index (χ4n) is 4.41. The number of amides is 3. The lowest BCUT2D eigenvalue weighted by Gasteiger charge is -2.39. The van der Waals surface area contributed by atoms with Gasteiger partial charge in [0.1, 0.15) is 5.01 Å². The Hall–Kier alpha value is -2.03. The molecule has 4 rings (SSSR count). The van der Waals surface area contributed by atoms with Crippen molar-refractivity contribution >= 4 is 33.5 Å². The summed E-state index contributed by atoms with van der Waals surface area (Å²) in [6, 6.07) is 8.03. The lowest BCUT2D eigenvalue weighted by atomic mass is 10.2. The van der Waals surface area contributed by atoms with E-state index in [1.54, 1.807) is 11.3 Å². The maximum atomic E-state index is 12.5. The highest BCUT2D eigenvalue weighted by Gasteiger charge is 2.29. The van der Waals surface area contributed by atoms with Crippen LogP contribution in [0.5, 0.6) is 0 Å². The Labute approximate surface area is 181 Å². The Morgan fingerprint density at radius 1 is 1.07 bits per heavy atom. The lowest BCUT2D eigenvalue weighted by molar-refractivity contribution is -0.125. The summed E-state index contributed by atoms with van der Waals surface area (Å²) in [6.07, 6.45) is 4.31. The standard InChI is InChI=1S/C22H31N5O2S/c1-15(20(28)25-22(29)23-17-7-3-4-8-17)26-11-13-27(14-12-26)16(2)21-24-18-9-5-6-10-19(18)30-21/h5-6,9-10,15-17H,3-4,7-8,11-14H2,1-2H3,(H2,23,25,28,29)/t15-,16-/m1/s1. The van der Waals surface area contributed by atoms with Crippen molar-refractivity contribution in [1.82, 2.24) is 25.4 Å². The number of aromatic nitrogens is 1. The van der Waals surface area contributed by atoms with Gasteiger partial charge in [-0.15, -0.1) is 11.3 Å². The van der Waals surface area contributed by atoms with E-state index < -0.39 is 0 Å². The molecule has 8 heteroatoms. The summed E-state index contributed by atoms with van der Waals surface area (Å²) in [5.41, 5.74) is 1.06. The Morgan fingerprint density at radius 2 is 1.73 bits per heavy atom. The van der Waals surface area contributed by atoms with Crippen LogP contribution in [-0.2, 0) is 4.79 Å². The first-order valence-corrected chi connectivity index (χ1v) is 11.8. The quantitative estimate of drug-likeness (QED) is 0.764. The van der Waals surface area contributed by atoms with Gasteiger partial charge in [-0.25, -0.2) is 9.78 Å². The first kappa shape index (κ1) is 21.2. The number of para-hydroxylation sites is 1. The molecule has 2 fully saturated rings. The van der Waals surface area contributed by atoms with Gasteiger partial charge in [0.05, 0.1) is 22.3 Å². The summed E-state index contributed by atoms with van der Waals surface area (Å²) in [7, 11) is 0. The predicted octanol–water partition coefficient (Wildman–Crippen LogP) is 3.13. The number of urea groups is 1. The van der Waals surface area contributed by atoms with Crippen LogP contribution >= 0.6 is 11.3 Å². The average molecular weight is 430 g/mol. The van der Waals surface area contributed by atoms with Crippen LogP contribution in [0.3, 0.4) is 0 Å². The van der Waals surface area contributed by atoms with Crippen molar-refractivity contribution < 1.29 is 9.59 Å². The highest BCUT2D eigenvalue weighted by molar-refractivity contribution is 7.18. The maximum absolute atomic E-state index is 12.5. The van der Waals surface area contributed by atoms with Crippen LogP contribution in [0.15, 0.2) is 24.3 Å². The van der Waals surface area contributed by atoms with Crippen molar-refractivity contribution in [2.24, 2.45) is 0 Å². The topological polar surface area (TPSA) is 77.6 Å². The first-order chi connectivity index (χ1) is 14.5. The van der Waals surface area contributed by atoms with E-state index in [0.29, 0.717) is 0 Å². The molecule has 1 aromatic heterocycles. The van der Waals surface area contributed by atoms with Crippen molar-refractivity contribution in [2.45, 2.75) is 57.7 Å². The van der Waals surface area contributed by atoms with Crippen LogP contribution in [0, 0.1) is 0 Å². The molecule has 1 aromatic carbocycles. The molecular weight excluding hydrogens is 398 g/mol. The molecule has 30 heavy (non-hydrogen) atoms. The molecule has 1 aliphatic heterocycles. The number of fused-ring (bicyclic) bond motifs is 1. The minimum absolute atomic E-state index is 0.209. The van der Waals surface area contributed by atoms with Crippen molar-refractivity contribution in [3.8, 4) is 0 Å². The van der Waals surface area contributed by atoms with Gasteiger partial charge in [-0.3, -0.25) is 19.9 Å². The molecule has 0 radical (unpaired) electrons. The third-order valence-electron chi connectivity index (χ3n) is 6.42. The van der Waals surface area contributed by atoms with Crippen LogP contribution in [-0.4, -0.2) is 65.0 Å². The fraction of sp³-hybridized carbons (Fsp3) is 0.591. The number of rotatable bonds is 5. The molecule has 1 saturated heterocycles.